The van der Waals surface area contributed by atoms with Crippen LogP contribution in [0.25, 0.3) is 0 Å². The van der Waals surface area contributed by atoms with Crippen LogP contribution in [-0.2, 0) is 34.5 Å². The predicted octanol–water partition coefficient (Wildman–Crippen LogP) is 33.8. The summed E-state index contributed by atoms with van der Waals surface area (Å²) in [6.45, 7) is 95.9. The second-order valence-corrected chi connectivity index (χ2v) is 41.4. The molecule has 0 spiro atoms. The predicted molar refractivity (Wildman–Crippen MR) is 469 cm³/mol. The average molecular weight is 1410 g/mol. The van der Waals surface area contributed by atoms with Gasteiger partial charge in [0, 0.05) is 13.7 Å². The maximum atomic E-state index is 8.27. The van der Waals surface area contributed by atoms with Crippen molar-refractivity contribution in [3.05, 3.63) is 139 Å². The summed E-state index contributed by atoms with van der Waals surface area (Å²) in [7, 11) is 0. The largest absolute Gasteiger partial charge is 0.0651 e. The highest BCUT2D eigenvalue weighted by Gasteiger charge is 2.32. The molecule has 588 valence electrons. The normalized spacial score (nSPS) is 18.1. The van der Waals surface area contributed by atoms with Crippen molar-refractivity contribution in [3.8, 4) is 0 Å². The Balaban J connectivity index is -0.00000119. The van der Waals surface area contributed by atoms with Crippen molar-refractivity contribution in [2.24, 2.45) is 67.9 Å². The van der Waals surface area contributed by atoms with E-state index in [1.807, 2.05) is 13.8 Å². The molecule has 2 unspecified atom stereocenters. The minimum Gasteiger partial charge on any atom is -0.0651 e. The van der Waals surface area contributed by atoms with Gasteiger partial charge in [0.1, 0.15) is 0 Å². The van der Waals surface area contributed by atoms with Gasteiger partial charge in [-0.3, -0.25) is 0 Å². The van der Waals surface area contributed by atoms with Gasteiger partial charge in [0.15, 0.2) is 0 Å². The molecule has 0 heteroatoms. The standard InChI is InChI=1S/C16H26.C14H22.C13H20.C12H18.C10H20.C10H22.C9H18.C9H20.C8H18/c1-11(2)13-9-8-10-14(12(3)4)15(13)16(5,6)7;1-6-11-9-8-10-12(7-2)13(11)14(3,4)5;1-9-7-10(2)12(11(3)8-9)13(4,5)6;1-9-7-6-8-10(2)11(9)12(3,4)5;1-10(2,3)9-7-5-4-6-8-9;1-8(9(2,3)4)10(5,6)7;1-9(2,3)8-6-4-5-7-8;1-7(2)8(3)9(4,5)6;1-6-7(2)8(3,4)5/h8-12H,1-7H3;8-10H,6-7H2,1-5H3;7-8H,1-6H3;6-8H,1-5H3;9H,4-8H2,1-3H3;8H,1-7H3;8H,4-7H2,1-3H3;7-8H,1-6H3;7H,6H2,1-5H3/i;;;;9D;3*8D;2D3,6D2,7D. The van der Waals surface area contributed by atoms with Gasteiger partial charge in [0.2, 0.25) is 0 Å². The van der Waals surface area contributed by atoms with Gasteiger partial charge in [-0.2, -0.15) is 0 Å². The van der Waals surface area contributed by atoms with E-state index < -0.39 is 24.5 Å². The van der Waals surface area contributed by atoms with Crippen molar-refractivity contribution in [1.82, 2.24) is 0 Å². The molecule has 0 radical (unpaired) electrons. The van der Waals surface area contributed by atoms with Crippen molar-refractivity contribution >= 4 is 0 Å². The Morgan fingerprint density at radius 3 is 0.871 bits per heavy atom. The summed E-state index contributed by atoms with van der Waals surface area (Å²) < 4.78 is 77.5. The number of benzene rings is 4. The zero-order valence-corrected chi connectivity index (χ0v) is 76.9. The van der Waals surface area contributed by atoms with Gasteiger partial charge in [-0.1, -0.05) is 401 Å². The second kappa shape index (κ2) is 43.6. The van der Waals surface area contributed by atoms with Crippen molar-refractivity contribution < 1.29 is 13.7 Å². The van der Waals surface area contributed by atoms with E-state index in [1.54, 1.807) is 31.9 Å². The second-order valence-electron chi connectivity index (χ2n) is 41.4. The molecule has 0 amide bonds. The lowest BCUT2D eigenvalue weighted by molar-refractivity contribution is 0.121. The molecular weight excluding hydrogens is 1210 g/mol. The van der Waals surface area contributed by atoms with E-state index >= 15 is 0 Å². The fraction of sp³-hybridized carbons (Fsp3) is 0.762. The van der Waals surface area contributed by atoms with Crippen LogP contribution in [0.15, 0.2) is 66.7 Å². The van der Waals surface area contributed by atoms with Gasteiger partial charge in [0.25, 0.3) is 0 Å². The number of aryl methyl sites for hydroxylation is 7. The van der Waals surface area contributed by atoms with Gasteiger partial charge in [-0.25, -0.2) is 0 Å². The maximum absolute atomic E-state index is 8.27. The van der Waals surface area contributed by atoms with Gasteiger partial charge in [0.05, 0.1) is 0 Å². The number of hydrogen-bond donors (Lipinski definition) is 0. The van der Waals surface area contributed by atoms with E-state index in [1.165, 1.54) is 93.3 Å². The molecule has 6 rings (SSSR count). The fourth-order valence-electron chi connectivity index (χ4n) is 14.6. The average Bonchev–Trinajstić information content (AvgIpc) is 1.04. The highest BCUT2D eigenvalue weighted by molar-refractivity contribution is 5.44. The molecule has 0 saturated heterocycles. The lowest BCUT2D eigenvalue weighted by Gasteiger charge is -2.38. The molecule has 0 heterocycles. The third kappa shape index (κ3) is 39.9. The molecule has 4 aromatic rings. The van der Waals surface area contributed by atoms with Gasteiger partial charge in [-0.05, 0) is 241 Å². The molecule has 2 aliphatic carbocycles. The lowest BCUT2D eigenvalue weighted by Crippen LogP contribution is -2.29. The Morgan fingerprint density at radius 1 is 0.386 bits per heavy atom. The molecule has 0 bridgehead atoms. The molecule has 101 heavy (non-hydrogen) atoms. The van der Waals surface area contributed by atoms with Crippen LogP contribution in [0.2, 0.25) is 0 Å². The van der Waals surface area contributed by atoms with Crippen LogP contribution in [-0.4, -0.2) is 0 Å². The summed E-state index contributed by atoms with van der Waals surface area (Å²) in [5, 5.41) is 0. The molecule has 4 aromatic carbocycles. The van der Waals surface area contributed by atoms with Crippen molar-refractivity contribution in [1.29, 1.82) is 0 Å². The van der Waals surface area contributed by atoms with Crippen LogP contribution in [0, 0.1) is 102 Å². The molecule has 0 nitrogen and oxygen atoms in total. The lowest BCUT2D eigenvalue weighted by atomic mass is 9.68. The van der Waals surface area contributed by atoms with E-state index in [4.69, 9.17) is 13.7 Å². The number of rotatable bonds is 6. The molecule has 2 fully saturated rings. The minimum atomic E-state index is -2.64. The molecule has 2 atom stereocenters. The van der Waals surface area contributed by atoms with Crippen LogP contribution in [0.1, 0.15) is 453 Å². The molecule has 0 aromatic heterocycles. The Labute approximate surface area is 653 Å². The molecule has 2 saturated carbocycles. The third-order valence-corrected chi connectivity index (χ3v) is 20.6. The zero-order valence-electron chi connectivity index (χ0n) is 86.9. The van der Waals surface area contributed by atoms with Crippen molar-refractivity contribution in [3.63, 3.8) is 0 Å². The Hall–Kier alpha value is -3.12. The maximum Gasteiger partial charge on any atom is 0.0311 e. The minimum absolute atomic E-state index is 0.0469. The van der Waals surface area contributed by atoms with E-state index in [-0.39, 0.29) is 72.3 Å². The van der Waals surface area contributed by atoms with Crippen LogP contribution in [0.4, 0.5) is 0 Å². The first-order chi connectivity index (χ1) is 48.9. The van der Waals surface area contributed by atoms with Crippen LogP contribution >= 0.6 is 0 Å². The Kier molecular flexibility index (Phi) is 36.1. The summed E-state index contributed by atoms with van der Waals surface area (Å²) in [4.78, 5) is 0. The Morgan fingerprint density at radius 2 is 0.683 bits per heavy atom. The summed E-state index contributed by atoms with van der Waals surface area (Å²) in [5.41, 5.74) is 19.8. The first-order valence-corrected chi connectivity index (χ1v) is 40.3. The fourth-order valence-corrected chi connectivity index (χ4v) is 14.6. The Bertz CT molecular complexity index is 3170. The van der Waals surface area contributed by atoms with Gasteiger partial charge >= 0.3 is 0 Å². The van der Waals surface area contributed by atoms with E-state index in [9.17, 15) is 0 Å². The molecule has 0 aliphatic heterocycles. The SMILES string of the molecule is CC(C)c1cccc(C(C)C)c1C(C)(C)C.CCc1cccc(CC)c1C(C)(C)C.Cc1cc(C)c(C(C)(C)C)c(C)c1.Cc1cccc(C)c1C(C)(C)C.[2H]C(C)(C(C)(C)C)C(C)(C)C.[2H]C(C)(C(C)C)C(C)(C)C.[2H]C([2H])([2H])C([2H])(C([2H])([2H])C)C(C)(C)C.[2H]C1(C(C)(C)C)CCCC1.[2H]C1(C(C)(C)C)CCCCC1. The third-order valence-electron chi connectivity index (χ3n) is 20.6. The van der Waals surface area contributed by atoms with Crippen LogP contribution in [0.3, 0.4) is 0 Å². The summed E-state index contributed by atoms with van der Waals surface area (Å²) in [5.74, 6) is -1.41. The quantitative estimate of drug-likeness (QED) is 0.180. The highest BCUT2D eigenvalue weighted by Crippen LogP contribution is 2.42. The summed E-state index contributed by atoms with van der Waals surface area (Å²) in [6.07, 6.45) is 11.0. The van der Waals surface area contributed by atoms with Gasteiger partial charge in [-0.15, -0.1) is 0 Å². The first-order valence-electron chi connectivity index (χ1n) is 45.3. The van der Waals surface area contributed by atoms with E-state index in [2.05, 4.69) is 344 Å². The van der Waals surface area contributed by atoms with Crippen molar-refractivity contribution in [2.45, 2.75) is 436 Å². The van der Waals surface area contributed by atoms with Gasteiger partial charge < -0.3 is 0 Å². The molecular formula is C101H184. The topological polar surface area (TPSA) is 0 Å². The smallest absolute Gasteiger partial charge is 0.0311 e. The number of hydrogen-bond acceptors (Lipinski definition) is 0. The van der Waals surface area contributed by atoms with Crippen molar-refractivity contribution in [2.75, 3.05) is 0 Å². The zero-order chi connectivity index (χ0) is 89.3. The van der Waals surface area contributed by atoms with E-state index in [0.29, 0.717) is 17.8 Å². The first kappa shape index (κ1) is 83.5. The monoisotopic (exact) mass is 1410 g/mol. The summed E-state index contributed by atoms with van der Waals surface area (Å²) >= 11 is 0. The van der Waals surface area contributed by atoms with Crippen LogP contribution in [0.5, 0.6) is 0 Å². The van der Waals surface area contributed by atoms with E-state index in [0.717, 1.165) is 45.4 Å². The van der Waals surface area contributed by atoms with Crippen LogP contribution < -0.4 is 0 Å². The highest BCUT2D eigenvalue weighted by atomic mass is 14.4. The summed E-state index contributed by atoms with van der Waals surface area (Å²) in [6, 6.07) is 24.5. The molecule has 2 aliphatic rings. The molecule has 0 N–H and O–H groups in total.